The predicted octanol–water partition coefficient (Wildman–Crippen LogP) is -2.16. The van der Waals surface area contributed by atoms with Gasteiger partial charge in [-0.25, -0.2) is 0 Å². The van der Waals surface area contributed by atoms with Crippen molar-refractivity contribution in [2.45, 2.75) is 77.0 Å². The Balaban J connectivity index is 1.83. The smallest absolute Gasteiger partial charge is 0.303 e. The summed E-state index contributed by atoms with van der Waals surface area (Å²) in [5, 5.41) is 18.6. The second-order valence-corrected chi connectivity index (χ2v) is 11.9. The maximum atomic E-state index is 13.9. The van der Waals surface area contributed by atoms with Crippen molar-refractivity contribution in [1.82, 2.24) is 20.9 Å². The van der Waals surface area contributed by atoms with Crippen LogP contribution >= 0.6 is 0 Å². The van der Waals surface area contributed by atoms with Crippen molar-refractivity contribution < 1.29 is 38.7 Å². The maximum Gasteiger partial charge on any atom is 0.303 e. The minimum Gasteiger partial charge on any atom is -0.481 e. The fraction of sp³-hybridized carbons (Fsp3) is 0.516. The van der Waals surface area contributed by atoms with Crippen LogP contribution in [0.25, 0.3) is 12.2 Å². The number of carboxylic acids is 1. The van der Waals surface area contributed by atoms with Crippen LogP contribution in [0.1, 0.15) is 52.9 Å². The SMILES string of the molecule is CC(C)[C@H](NC(=O)[C@H](C)NC(=O)[C@H](CC(N)=O)NC(=O)[C@@H]1C([C@H]2C=c3ccccc3=CC2)CCN1C(=O)CCC(=O)O)C(N)=O. The number of aliphatic carboxylic acids is 1. The first kappa shape index (κ1) is 34.7. The van der Waals surface area contributed by atoms with Crippen molar-refractivity contribution in [3.05, 3.63) is 34.7 Å². The Morgan fingerprint density at radius 3 is 2.20 bits per heavy atom. The zero-order valence-corrected chi connectivity index (χ0v) is 25.7. The monoisotopic (exact) mass is 626 g/mol. The topological polar surface area (TPSA) is 231 Å². The zero-order chi connectivity index (χ0) is 33.4. The van der Waals surface area contributed by atoms with E-state index in [1.165, 1.54) is 11.8 Å². The van der Waals surface area contributed by atoms with Crippen molar-refractivity contribution in [2.75, 3.05) is 6.54 Å². The number of primary amides is 2. The molecule has 8 N–H and O–H groups in total. The first-order chi connectivity index (χ1) is 21.2. The van der Waals surface area contributed by atoms with Crippen LogP contribution in [0.2, 0.25) is 0 Å². The summed E-state index contributed by atoms with van der Waals surface area (Å²) in [4.78, 5) is 89.1. The van der Waals surface area contributed by atoms with Gasteiger partial charge in [0.1, 0.15) is 24.2 Å². The van der Waals surface area contributed by atoms with E-state index in [1.54, 1.807) is 13.8 Å². The average molecular weight is 627 g/mol. The number of amides is 6. The Labute approximate surface area is 260 Å². The number of nitrogens with one attached hydrogen (secondary N) is 3. The molecule has 1 aliphatic carbocycles. The van der Waals surface area contributed by atoms with Crippen LogP contribution in [0, 0.1) is 17.8 Å². The Morgan fingerprint density at radius 1 is 0.933 bits per heavy atom. The molecule has 6 atom stereocenters. The van der Waals surface area contributed by atoms with Crippen LogP contribution in [-0.4, -0.2) is 82.1 Å². The number of carbonyl (C=O) groups is 7. The van der Waals surface area contributed by atoms with Gasteiger partial charge in [-0.05, 0) is 48.0 Å². The summed E-state index contributed by atoms with van der Waals surface area (Å²) in [5.41, 5.74) is 10.7. The summed E-state index contributed by atoms with van der Waals surface area (Å²) < 4.78 is 0. The summed E-state index contributed by atoms with van der Waals surface area (Å²) in [6, 6.07) is 3.06. The highest BCUT2D eigenvalue weighted by Gasteiger charge is 2.45. The van der Waals surface area contributed by atoms with E-state index in [9.17, 15) is 33.6 Å². The van der Waals surface area contributed by atoms with E-state index in [-0.39, 0.29) is 30.7 Å². The fourth-order valence-corrected chi connectivity index (χ4v) is 5.84. The molecule has 3 rings (SSSR count). The molecule has 0 aromatic heterocycles. The van der Waals surface area contributed by atoms with Gasteiger partial charge in [-0.1, -0.05) is 50.3 Å². The highest BCUT2D eigenvalue weighted by Crippen LogP contribution is 2.35. The molecule has 0 bridgehead atoms. The van der Waals surface area contributed by atoms with Gasteiger partial charge < -0.3 is 37.4 Å². The molecule has 244 valence electrons. The standard InChI is InChI=1S/C31H42N6O8/c1-16(2)26(28(33)42)36-29(43)17(3)34-30(44)22(15-23(32)38)35-31(45)27-21(12-13-37(27)24(39)10-11-25(40)41)20-9-8-18-6-4-5-7-19(18)14-20/h4-8,14,16-17,20-22,26-27H,9-13,15H2,1-3H3,(H2,32,38)(H2,33,42)(H,34,44)(H,35,45)(H,36,43)(H,40,41)/t17-,20+,21?,22-,26-,27-/m0/s1. The van der Waals surface area contributed by atoms with E-state index in [4.69, 9.17) is 16.6 Å². The molecule has 2 aliphatic rings. The van der Waals surface area contributed by atoms with Crippen molar-refractivity contribution in [3.8, 4) is 0 Å². The zero-order valence-electron chi connectivity index (χ0n) is 25.7. The average Bonchev–Trinajstić information content (AvgIpc) is 3.42. The highest BCUT2D eigenvalue weighted by molar-refractivity contribution is 5.97. The molecular formula is C31H42N6O8. The minimum atomic E-state index is -1.48. The van der Waals surface area contributed by atoms with Crippen LogP contribution in [0.15, 0.2) is 24.3 Å². The molecule has 1 unspecified atom stereocenters. The van der Waals surface area contributed by atoms with Crippen LogP contribution < -0.4 is 37.9 Å². The van der Waals surface area contributed by atoms with Crippen molar-refractivity contribution in [2.24, 2.45) is 29.2 Å². The Kier molecular flexibility index (Phi) is 11.8. The maximum absolute atomic E-state index is 13.9. The number of rotatable bonds is 14. The fourth-order valence-electron chi connectivity index (χ4n) is 5.84. The van der Waals surface area contributed by atoms with Gasteiger partial charge >= 0.3 is 5.97 Å². The lowest BCUT2D eigenvalue weighted by molar-refractivity contribution is -0.144. The third kappa shape index (κ3) is 9.13. The second kappa shape index (κ2) is 15.3. The van der Waals surface area contributed by atoms with Crippen LogP contribution in [0.4, 0.5) is 0 Å². The number of hydrogen-bond donors (Lipinski definition) is 6. The lowest BCUT2D eigenvalue weighted by atomic mass is 9.80. The van der Waals surface area contributed by atoms with Crippen LogP contribution in [0.5, 0.6) is 0 Å². The first-order valence-corrected chi connectivity index (χ1v) is 15.0. The van der Waals surface area contributed by atoms with Gasteiger partial charge in [0.05, 0.1) is 12.8 Å². The van der Waals surface area contributed by atoms with Crippen molar-refractivity contribution >= 4 is 53.6 Å². The summed E-state index contributed by atoms with van der Waals surface area (Å²) in [5.74, 6) is -6.44. The molecule has 1 aliphatic heterocycles. The number of carbonyl (C=O) groups excluding carboxylic acids is 6. The molecule has 1 saturated heterocycles. The van der Waals surface area contributed by atoms with E-state index in [1.807, 2.05) is 24.3 Å². The van der Waals surface area contributed by atoms with E-state index < -0.39 is 78.4 Å². The van der Waals surface area contributed by atoms with Gasteiger partial charge in [-0.2, -0.15) is 0 Å². The molecule has 0 radical (unpaired) electrons. The summed E-state index contributed by atoms with van der Waals surface area (Å²) >= 11 is 0. The van der Waals surface area contributed by atoms with Gasteiger partial charge in [0.25, 0.3) is 0 Å². The van der Waals surface area contributed by atoms with Gasteiger partial charge in [0.2, 0.25) is 35.4 Å². The molecule has 14 heteroatoms. The lowest BCUT2D eigenvalue weighted by Crippen LogP contribution is -2.59. The minimum absolute atomic E-state index is 0.140. The van der Waals surface area contributed by atoms with Crippen LogP contribution in [0.3, 0.4) is 0 Å². The molecule has 1 aromatic carbocycles. The first-order valence-electron chi connectivity index (χ1n) is 15.0. The van der Waals surface area contributed by atoms with E-state index in [0.29, 0.717) is 12.8 Å². The number of benzene rings is 1. The summed E-state index contributed by atoms with van der Waals surface area (Å²) in [6.07, 6.45) is 3.85. The number of nitrogens with two attached hydrogens (primary N) is 2. The largest absolute Gasteiger partial charge is 0.481 e. The Bertz CT molecular complexity index is 1460. The Hall–Kier alpha value is -4.75. The predicted molar refractivity (Wildman–Crippen MR) is 163 cm³/mol. The third-order valence-electron chi connectivity index (χ3n) is 8.20. The molecule has 1 fully saturated rings. The van der Waals surface area contributed by atoms with E-state index in [0.717, 1.165) is 10.4 Å². The molecule has 1 aromatic rings. The summed E-state index contributed by atoms with van der Waals surface area (Å²) in [6.45, 7) is 4.93. The van der Waals surface area contributed by atoms with Gasteiger partial charge in [-0.15, -0.1) is 0 Å². The van der Waals surface area contributed by atoms with Gasteiger partial charge in [0.15, 0.2) is 0 Å². The van der Waals surface area contributed by atoms with Crippen LogP contribution in [-0.2, 0) is 33.6 Å². The lowest BCUT2D eigenvalue weighted by Gasteiger charge is -2.32. The normalized spacial score (nSPS) is 20.8. The van der Waals surface area contributed by atoms with Crippen molar-refractivity contribution in [1.29, 1.82) is 0 Å². The third-order valence-corrected chi connectivity index (χ3v) is 8.20. The molecule has 1 heterocycles. The molecule has 0 saturated carbocycles. The van der Waals surface area contributed by atoms with Crippen molar-refractivity contribution in [3.63, 3.8) is 0 Å². The molecule has 0 spiro atoms. The number of likely N-dealkylation sites (tertiary alicyclic amines) is 1. The quantitative estimate of drug-likeness (QED) is 0.133. The van der Waals surface area contributed by atoms with Gasteiger partial charge in [0, 0.05) is 13.0 Å². The number of hydrogen-bond acceptors (Lipinski definition) is 7. The number of nitrogens with zero attached hydrogens (tertiary/aromatic N) is 1. The molecule has 14 nitrogen and oxygen atoms in total. The van der Waals surface area contributed by atoms with E-state index >= 15 is 0 Å². The summed E-state index contributed by atoms with van der Waals surface area (Å²) in [7, 11) is 0. The highest BCUT2D eigenvalue weighted by atomic mass is 16.4. The molecular weight excluding hydrogens is 584 g/mol. The second-order valence-electron chi connectivity index (χ2n) is 11.9. The Morgan fingerprint density at radius 2 is 1.60 bits per heavy atom. The van der Waals surface area contributed by atoms with Gasteiger partial charge in [-0.3, -0.25) is 33.6 Å². The van der Waals surface area contributed by atoms with E-state index in [2.05, 4.69) is 28.1 Å². The number of fused-ring (bicyclic) bond motifs is 1. The molecule has 6 amide bonds. The molecule has 45 heavy (non-hydrogen) atoms. The number of carboxylic acid groups (broad SMARTS) is 1.